The van der Waals surface area contributed by atoms with Crippen LogP contribution in [0.5, 0.6) is 23.0 Å². The first kappa shape index (κ1) is 36.0. The highest BCUT2D eigenvalue weighted by Crippen LogP contribution is 2.61. The molecule has 1 amide bonds. The summed E-state index contributed by atoms with van der Waals surface area (Å²) in [5.41, 5.74) is 1.42. The number of carbonyl (C=O) groups is 3. The smallest absolute Gasteiger partial charge is 0.323 e. The summed E-state index contributed by atoms with van der Waals surface area (Å²) in [6.07, 6.45) is 3.17. The Morgan fingerprint density at radius 1 is 0.796 bits per heavy atom. The van der Waals surface area contributed by atoms with E-state index < -0.39 is 28.8 Å². The molecule has 1 aliphatic carbocycles. The second-order valence-corrected chi connectivity index (χ2v) is 12.8. The first-order valence-corrected chi connectivity index (χ1v) is 17.2. The van der Waals surface area contributed by atoms with Gasteiger partial charge in [0.15, 0.2) is 28.4 Å². The van der Waals surface area contributed by atoms with Gasteiger partial charge in [0.25, 0.3) is 0 Å². The van der Waals surface area contributed by atoms with E-state index in [9.17, 15) is 14.4 Å². The lowest BCUT2D eigenvalue weighted by atomic mass is 9.54. The Bertz CT molecular complexity index is 1570. The fourth-order valence-electron chi connectivity index (χ4n) is 8.65. The second kappa shape index (κ2) is 14.7. The summed E-state index contributed by atoms with van der Waals surface area (Å²) in [4.78, 5) is 46.6. The maximum Gasteiger partial charge on any atom is 0.323 e. The lowest BCUT2D eigenvalue weighted by Gasteiger charge is -2.60. The number of methoxy groups -OCH3 is 4. The standard InChI is InChI=1S/C38H50N2O9/c1-9-33(41)40-18-14-25-20-30(45-6)32(47-8)22-27(25)38(40)16-15-37(35(42)48-11-3,36(43)49-12-4)23-28(38)34-26-21-31(46-7)29(44-5)19-24(26)13-17-39(34)10-2/h9,19-22,28,34H,1,10-18,23H2,2-8H3. The highest BCUT2D eigenvalue weighted by molar-refractivity contribution is 6.00. The zero-order valence-corrected chi connectivity index (χ0v) is 29.9. The van der Waals surface area contributed by atoms with Crippen molar-refractivity contribution in [3.05, 3.63) is 59.2 Å². The van der Waals surface area contributed by atoms with Crippen LogP contribution in [-0.2, 0) is 42.2 Å². The fraction of sp³-hybridized carbons (Fsp3) is 0.553. The van der Waals surface area contributed by atoms with Gasteiger partial charge in [0.05, 0.1) is 47.2 Å². The predicted molar refractivity (Wildman–Crippen MR) is 183 cm³/mol. The number of likely N-dealkylation sites (N-methyl/N-ethyl adjacent to an activating group) is 1. The van der Waals surface area contributed by atoms with Crippen LogP contribution in [0.15, 0.2) is 36.9 Å². The highest BCUT2D eigenvalue weighted by atomic mass is 16.6. The van der Waals surface area contributed by atoms with E-state index in [1.807, 2.05) is 29.2 Å². The summed E-state index contributed by atoms with van der Waals surface area (Å²) < 4.78 is 34.4. The molecular formula is C38H50N2O9. The van der Waals surface area contributed by atoms with Gasteiger partial charge in [-0.1, -0.05) is 13.5 Å². The molecule has 2 aromatic rings. The molecule has 0 aromatic heterocycles. The molecule has 0 saturated heterocycles. The molecule has 5 rings (SSSR count). The molecule has 49 heavy (non-hydrogen) atoms. The Morgan fingerprint density at radius 2 is 1.35 bits per heavy atom. The summed E-state index contributed by atoms with van der Waals surface area (Å²) in [5, 5.41) is 0. The molecule has 11 heteroatoms. The van der Waals surface area contributed by atoms with Crippen molar-refractivity contribution >= 4 is 17.8 Å². The summed E-state index contributed by atoms with van der Waals surface area (Å²) in [6, 6.07) is 7.64. The average Bonchev–Trinajstić information content (AvgIpc) is 3.13. The van der Waals surface area contributed by atoms with Crippen LogP contribution >= 0.6 is 0 Å². The van der Waals surface area contributed by atoms with Gasteiger partial charge in [-0.2, -0.15) is 0 Å². The van der Waals surface area contributed by atoms with Gasteiger partial charge in [-0.05, 0) is 105 Å². The normalized spacial score (nSPS) is 22.7. The first-order valence-electron chi connectivity index (χ1n) is 17.2. The van der Waals surface area contributed by atoms with Gasteiger partial charge >= 0.3 is 11.9 Å². The number of esters is 2. The number of rotatable bonds is 11. The van der Waals surface area contributed by atoms with Gasteiger partial charge in [-0.3, -0.25) is 19.3 Å². The van der Waals surface area contributed by atoms with Crippen molar-refractivity contribution in [3.8, 4) is 23.0 Å². The molecule has 1 saturated carbocycles. The van der Waals surface area contributed by atoms with Gasteiger partial charge in [0.1, 0.15) is 0 Å². The van der Waals surface area contributed by atoms with Gasteiger partial charge in [0, 0.05) is 25.0 Å². The van der Waals surface area contributed by atoms with E-state index in [2.05, 4.69) is 18.4 Å². The monoisotopic (exact) mass is 678 g/mol. The minimum Gasteiger partial charge on any atom is -0.493 e. The van der Waals surface area contributed by atoms with E-state index in [0.29, 0.717) is 42.5 Å². The Hall–Kier alpha value is -4.25. The van der Waals surface area contributed by atoms with Gasteiger partial charge < -0.3 is 33.3 Å². The zero-order valence-electron chi connectivity index (χ0n) is 29.9. The Balaban J connectivity index is 1.88. The van der Waals surface area contributed by atoms with Crippen LogP contribution in [0.2, 0.25) is 0 Å². The third-order valence-corrected chi connectivity index (χ3v) is 10.9. The molecule has 0 radical (unpaired) electrons. The van der Waals surface area contributed by atoms with Gasteiger partial charge in [0.2, 0.25) is 5.91 Å². The van der Waals surface area contributed by atoms with E-state index in [0.717, 1.165) is 35.2 Å². The van der Waals surface area contributed by atoms with Crippen LogP contribution in [-0.4, -0.2) is 88.9 Å². The van der Waals surface area contributed by atoms with Crippen LogP contribution < -0.4 is 18.9 Å². The maximum absolute atomic E-state index is 14.1. The first-order chi connectivity index (χ1) is 23.6. The third kappa shape index (κ3) is 5.89. The molecule has 1 fully saturated rings. The van der Waals surface area contributed by atoms with Crippen LogP contribution in [0, 0.1) is 11.3 Å². The maximum atomic E-state index is 14.1. The number of fused-ring (bicyclic) bond motifs is 3. The minimum atomic E-state index is -1.59. The van der Waals surface area contributed by atoms with Crippen molar-refractivity contribution in [2.75, 3.05) is 61.3 Å². The molecule has 266 valence electrons. The fourth-order valence-corrected chi connectivity index (χ4v) is 8.65. The lowest BCUT2D eigenvalue weighted by Crippen LogP contribution is -2.64. The van der Waals surface area contributed by atoms with Crippen LogP contribution in [0.4, 0.5) is 0 Å². The van der Waals surface area contributed by atoms with Crippen LogP contribution in [0.1, 0.15) is 68.3 Å². The molecule has 2 aromatic carbocycles. The van der Waals surface area contributed by atoms with Crippen molar-refractivity contribution in [1.29, 1.82) is 0 Å². The summed E-state index contributed by atoms with van der Waals surface area (Å²) >= 11 is 0. The number of carbonyl (C=O) groups excluding carboxylic acids is 3. The quantitative estimate of drug-likeness (QED) is 0.183. The zero-order chi connectivity index (χ0) is 35.5. The van der Waals surface area contributed by atoms with Crippen molar-refractivity contribution in [2.24, 2.45) is 11.3 Å². The average molecular weight is 679 g/mol. The van der Waals surface area contributed by atoms with E-state index >= 15 is 0 Å². The van der Waals surface area contributed by atoms with Crippen LogP contribution in [0.3, 0.4) is 0 Å². The van der Waals surface area contributed by atoms with Crippen molar-refractivity contribution in [2.45, 2.75) is 64.5 Å². The summed E-state index contributed by atoms with van der Waals surface area (Å²) in [6.45, 7) is 11.5. The molecular weight excluding hydrogens is 628 g/mol. The minimum absolute atomic E-state index is 0.0777. The Kier molecular flexibility index (Phi) is 10.8. The number of ether oxygens (including phenoxy) is 6. The number of hydrogen-bond acceptors (Lipinski definition) is 10. The number of hydrogen-bond donors (Lipinski definition) is 0. The number of benzene rings is 2. The number of nitrogens with zero attached hydrogens (tertiary/aromatic N) is 2. The summed E-state index contributed by atoms with van der Waals surface area (Å²) in [5.74, 6) is 0.376. The van der Waals surface area contributed by atoms with E-state index in [-0.39, 0.29) is 44.4 Å². The topological polar surface area (TPSA) is 113 Å². The van der Waals surface area contributed by atoms with E-state index in [4.69, 9.17) is 28.4 Å². The van der Waals surface area contributed by atoms with Crippen molar-refractivity contribution < 1.29 is 42.8 Å². The molecule has 2 heterocycles. The molecule has 1 spiro atoms. The Morgan fingerprint density at radius 3 is 1.90 bits per heavy atom. The second-order valence-electron chi connectivity index (χ2n) is 12.8. The molecule has 2 aliphatic heterocycles. The molecule has 0 bridgehead atoms. The Labute approximate surface area is 289 Å². The van der Waals surface area contributed by atoms with Crippen molar-refractivity contribution in [1.82, 2.24) is 9.80 Å². The number of amides is 1. The van der Waals surface area contributed by atoms with Crippen LogP contribution in [0.25, 0.3) is 0 Å². The van der Waals surface area contributed by atoms with Crippen molar-refractivity contribution in [3.63, 3.8) is 0 Å². The van der Waals surface area contributed by atoms with Gasteiger partial charge in [-0.25, -0.2) is 0 Å². The lowest BCUT2D eigenvalue weighted by molar-refractivity contribution is -0.184. The molecule has 0 N–H and O–H groups in total. The predicted octanol–water partition coefficient (Wildman–Crippen LogP) is 5.02. The molecule has 3 aliphatic rings. The van der Waals surface area contributed by atoms with Gasteiger partial charge in [-0.15, -0.1) is 0 Å². The summed E-state index contributed by atoms with van der Waals surface area (Å²) in [7, 11) is 6.42. The highest BCUT2D eigenvalue weighted by Gasteiger charge is 2.64. The third-order valence-electron chi connectivity index (χ3n) is 10.9. The molecule has 11 nitrogen and oxygen atoms in total. The van der Waals surface area contributed by atoms with E-state index in [1.165, 1.54) is 6.08 Å². The largest absolute Gasteiger partial charge is 0.493 e. The SMILES string of the molecule is C=CC(=O)N1CCc2cc(OC)c(OC)cc2C12CCC(C(=O)OCC)(C(=O)OCC)CC2C1c2cc(OC)c(OC)cc2CCN1CC. The van der Waals surface area contributed by atoms with E-state index in [1.54, 1.807) is 42.3 Å². The molecule has 3 unspecified atom stereocenters. The molecule has 3 atom stereocenters.